The minimum atomic E-state index is -3.42. The molecule has 1 atom stereocenters. The van der Waals surface area contributed by atoms with E-state index >= 15 is 0 Å². The van der Waals surface area contributed by atoms with Crippen LogP contribution in [-0.4, -0.2) is 24.7 Å². The highest BCUT2D eigenvalue weighted by Crippen LogP contribution is 2.35. The van der Waals surface area contributed by atoms with Crippen molar-refractivity contribution in [1.29, 1.82) is 0 Å². The third kappa shape index (κ3) is 4.17. The predicted octanol–water partition coefficient (Wildman–Crippen LogP) is 1.94. The molecule has 1 rings (SSSR count). The average molecular weight is 292 g/mol. The van der Waals surface area contributed by atoms with E-state index in [1.54, 1.807) is 6.92 Å². The average Bonchev–Trinajstić information content (AvgIpc) is 2.21. The molecule has 3 N–H and O–H groups in total. The van der Waals surface area contributed by atoms with Crippen molar-refractivity contribution in [3.8, 4) is 0 Å². The summed E-state index contributed by atoms with van der Waals surface area (Å²) >= 11 is 4.83. The van der Waals surface area contributed by atoms with Gasteiger partial charge < -0.3 is 5.73 Å². The Bertz CT molecular complexity index is 394. The van der Waals surface area contributed by atoms with Crippen LogP contribution in [0.3, 0.4) is 0 Å². The van der Waals surface area contributed by atoms with E-state index in [0.29, 0.717) is 11.8 Å². The third-order valence-electron chi connectivity index (χ3n) is 3.73. The Kier molecular flexibility index (Phi) is 5.14. The predicted molar refractivity (Wildman–Crippen MR) is 79.0 cm³/mol. The Morgan fingerprint density at radius 1 is 1.44 bits per heavy atom. The molecule has 1 unspecified atom stereocenters. The summed E-state index contributed by atoms with van der Waals surface area (Å²) in [6.07, 6.45) is 4.29. The van der Waals surface area contributed by atoms with Gasteiger partial charge in [-0.05, 0) is 37.5 Å². The lowest BCUT2D eigenvalue weighted by Gasteiger charge is -2.35. The SMILES string of the molecule is CCC(C(N)=S)S(=O)(=O)NC1CCC(C)(C)CC1. The summed E-state index contributed by atoms with van der Waals surface area (Å²) in [6.45, 7) is 6.23. The van der Waals surface area contributed by atoms with Gasteiger partial charge in [-0.1, -0.05) is 33.0 Å². The van der Waals surface area contributed by atoms with Gasteiger partial charge >= 0.3 is 0 Å². The summed E-state index contributed by atoms with van der Waals surface area (Å²) in [6, 6.07) is 0.0337. The zero-order chi connectivity index (χ0) is 14.0. The number of rotatable bonds is 5. The highest BCUT2D eigenvalue weighted by atomic mass is 32.2. The number of sulfonamides is 1. The van der Waals surface area contributed by atoms with Gasteiger partial charge in [-0.3, -0.25) is 0 Å². The van der Waals surface area contributed by atoms with E-state index < -0.39 is 15.3 Å². The highest BCUT2D eigenvalue weighted by Gasteiger charge is 2.32. The van der Waals surface area contributed by atoms with E-state index in [1.165, 1.54) is 0 Å². The van der Waals surface area contributed by atoms with Crippen LogP contribution >= 0.6 is 12.2 Å². The van der Waals surface area contributed by atoms with Crippen LogP contribution < -0.4 is 10.5 Å². The van der Waals surface area contributed by atoms with Crippen LogP contribution in [-0.2, 0) is 10.0 Å². The van der Waals surface area contributed by atoms with Crippen LogP contribution in [0, 0.1) is 5.41 Å². The van der Waals surface area contributed by atoms with Crippen LogP contribution in [0.25, 0.3) is 0 Å². The molecular weight excluding hydrogens is 268 g/mol. The van der Waals surface area contributed by atoms with Crippen molar-refractivity contribution in [3.63, 3.8) is 0 Å². The molecule has 0 aliphatic heterocycles. The first-order chi connectivity index (χ1) is 8.18. The smallest absolute Gasteiger partial charge is 0.221 e. The quantitative estimate of drug-likeness (QED) is 0.760. The first kappa shape index (κ1) is 15.9. The van der Waals surface area contributed by atoms with Gasteiger partial charge in [0, 0.05) is 6.04 Å². The number of thiocarbonyl (C=S) groups is 1. The topological polar surface area (TPSA) is 72.2 Å². The normalized spacial score (nSPS) is 22.6. The fourth-order valence-electron chi connectivity index (χ4n) is 2.41. The number of hydrogen-bond acceptors (Lipinski definition) is 3. The molecule has 18 heavy (non-hydrogen) atoms. The second-order valence-electron chi connectivity index (χ2n) is 5.90. The lowest BCUT2D eigenvalue weighted by atomic mass is 9.76. The monoisotopic (exact) mass is 292 g/mol. The molecule has 1 aliphatic carbocycles. The maximum absolute atomic E-state index is 12.2. The second kappa shape index (κ2) is 5.84. The number of nitrogens with two attached hydrogens (primary N) is 1. The maximum atomic E-state index is 12.2. The number of hydrogen-bond donors (Lipinski definition) is 2. The van der Waals surface area contributed by atoms with Gasteiger partial charge in [-0.2, -0.15) is 0 Å². The summed E-state index contributed by atoms with van der Waals surface area (Å²) < 4.78 is 27.1. The Morgan fingerprint density at radius 3 is 2.33 bits per heavy atom. The molecule has 1 saturated carbocycles. The van der Waals surface area contributed by atoms with Crippen LogP contribution in [0.5, 0.6) is 0 Å². The van der Waals surface area contributed by atoms with Crippen molar-refractivity contribution in [2.24, 2.45) is 11.1 Å². The standard InChI is InChI=1S/C12H24N2O2S2/c1-4-10(11(13)17)18(15,16)14-9-5-7-12(2,3)8-6-9/h9-10,14H,4-8H2,1-3H3,(H2,13,17). The molecule has 0 saturated heterocycles. The van der Waals surface area contributed by atoms with Crippen LogP contribution in [0.4, 0.5) is 0 Å². The molecule has 0 aromatic carbocycles. The van der Waals surface area contributed by atoms with E-state index in [9.17, 15) is 8.42 Å². The van der Waals surface area contributed by atoms with E-state index in [0.717, 1.165) is 25.7 Å². The lowest BCUT2D eigenvalue weighted by molar-refractivity contribution is 0.218. The van der Waals surface area contributed by atoms with Gasteiger partial charge in [0.2, 0.25) is 10.0 Å². The van der Waals surface area contributed by atoms with Crippen molar-refractivity contribution in [2.45, 2.75) is 64.2 Å². The summed E-state index contributed by atoms with van der Waals surface area (Å²) in [5.41, 5.74) is 5.82. The molecule has 0 aromatic rings. The molecule has 0 heterocycles. The van der Waals surface area contributed by atoms with Gasteiger partial charge in [-0.25, -0.2) is 13.1 Å². The van der Waals surface area contributed by atoms with E-state index in [-0.39, 0.29) is 11.0 Å². The summed E-state index contributed by atoms with van der Waals surface area (Å²) in [7, 11) is -3.42. The minimum absolute atomic E-state index is 0.0337. The summed E-state index contributed by atoms with van der Waals surface area (Å²) in [5, 5.41) is -0.748. The molecule has 0 radical (unpaired) electrons. The Morgan fingerprint density at radius 2 is 1.94 bits per heavy atom. The fourth-order valence-corrected chi connectivity index (χ4v) is 4.56. The largest absolute Gasteiger partial charge is 0.392 e. The molecule has 0 spiro atoms. The van der Waals surface area contributed by atoms with Gasteiger partial charge in [-0.15, -0.1) is 0 Å². The first-order valence-corrected chi connectivity index (χ1v) is 8.44. The van der Waals surface area contributed by atoms with Gasteiger partial charge in [0.15, 0.2) is 0 Å². The van der Waals surface area contributed by atoms with Crippen molar-refractivity contribution >= 4 is 27.2 Å². The zero-order valence-electron chi connectivity index (χ0n) is 11.4. The van der Waals surface area contributed by atoms with E-state index in [4.69, 9.17) is 18.0 Å². The van der Waals surface area contributed by atoms with E-state index in [2.05, 4.69) is 18.6 Å². The molecule has 1 aliphatic rings. The summed E-state index contributed by atoms with van der Waals surface area (Å²) in [4.78, 5) is 0.0566. The van der Waals surface area contributed by atoms with E-state index in [1.807, 2.05) is 0 Å². The Hall–Kier alpha value is -0.200. The summed E-state index contributed by atoms with van der Waals surface area (Å²) in [5.74, 6) is 0. The molecule has 6 heteroatoms. The van der Waals surface area contributed by atoms with Gasteiger partial charge in [0.1, 0.15) is 5.25 Å². The Balaban J connectivity index is 2.65. The Labute approximate surface area is 116 Å². The lowest BCUT2D eigenvalue weighted by Crippen LogP contribution is -2.47. The molecule has 106 valence electrons. The second-order valence-corrected chi connectivity index (χ2v) is 8.27. The van der Waals surface area contributed by atoms with Crippen LogP contribution in [0.15, 0.2) is 0 Å². The molecular formula is C12H24N2O2S2. The first-order valence-electron chi connectivity index (χ1n) is 6.48. The third-order valence-corrected chi connectivity index (χ3v) is 6.16. The minimum Gasteiger partial charge on any atom is -0.392 e. The number of nitrogens with one attached hydrogen (secondary N) is 1. The molecule has 0 amide bonds. The van der Waals surface area contributed by atoms with Crippen molar-refractivity contribution in [2.75, 3.05) is 0 Å². The maximum Gasteiger partial charge on any atom is 0.221 e. The van der Waals surface area contributed by atoms with Crippen LogP contribution in [0.2, 0.25) is 0 Å². The molecule has 0 aromatic heterocycles. The highest BCUT2D eigenvalue weighted by molar-refractivity contribution is 7.93. The van der Waals surface area contributed by atoms with Gasteiger partial charge in [0.05, 0.1) is 4.99 Å². The fraction of sp³-hybridized carbons (Fsp3) is 0.917. The molecule has 0 bridgehead atoms. The van der Waals surface area contributed by atoms with Crippen molar-refractivity contribution in [1.82, 2.24) is 4.72 Å². The molecule has 4 nitrogen and oxygen atoms in total. The van der Waals surface area contributed by atoms with Crippen LogP contribution in [0.1, 0.15) is 52.9 Å². The molecule has 1 fully saturated rings. The van der Waals surface area contributed by atoms with Crippen molar-refractivity contribution < 1.29 is 8.42 Å². The zero-order valence-corrected chi connectivity index (χ0v) is 13.0. The van der Waals surface area contributed by atoms with Crippen molar-refractivity contribution in [3.05, 3.63) is 0 Å². The van der Waals surface area contributed by atoms with Gasteiger partial charge in [0.25, 0.3) is 0 Å².